The summed E-state index contributed by atoms with van der Waals surface area (Å²) in [4.78, 5) is 4.28. The van der Waals surface area contributed by atoms with Crippen LogP contribution in [0.2, 0.25) is 5.15 Å². The molecule has 0 spiro atoms. The number of aromatic nitrogens is 3. The van der Waals surface area contributed by atoms with Gasteiger partial charge in [-0.25, -0.2) is 9.67 Å². The van der Waals surface area contributed by atoms with Crippen molar-refractivity contribution in [3.63, 3.8) is 0 Å². The second-order valence-corrected chi connectivity index (χ2v) is 7.79. The first kappa shape index (κ1) is 21.1. The smallest absolute Gasteiger partial charge is 0.387 e. The molecule has 164 valence electrons. The van der Waals surface area contributed by atoms with E-state index >= 15 is 0 Å². The predicted molar refractivity (Wildman–Crippen MR) is 124 cm³/mol. The van der Waals surface area contributed by atoms with Crippen LogP contribution in [0.1, 0.15) is 16.7 Å². The van der Waals surface area contributed by atoms with Gasteiger partial charge in [0.05, 0.1) is 11.7 Å². The Balaban J connectivity index is 1.93. The zero-order chi connectivity index (χ0) is 22.8. The number of hydrogen-bond acceptors (Lipinski definition) is 3. The van der Waals surface area contributed by atoms with Gasteiger partial charge < -0.3 is 4.74 Å². The first-order chi connectivity index (χ1) is 16.1. The van der Waals surface area contributed by atoms with Crippen LogP contribution in [0.15, 0.2) is 103 Å². The Labute approximate surface area is 194 Å². The molecule has 0 aliphatic carbocycles. The lowest BCUT2D eigenvalue weighted by atomic mass is 9.77. The Morgan fingerprint density at radius 3 is 1.73 bits per heavy atom. The highest BCUT2D eigenvalue weighted by Crippen LogP contribution is 2.43. The summed E-state index contributed by atoms with van der Waals surface area (Å²) in [6.07, 6.45) is 1.22. The maximum atomic E-state index is 13.0. The van der Waals surface area contributed by atoms with Gasteiger partial charge in [0.2, 0.25) is 0 Å². The molecule has 0 bridgehead atoms. The van der Waals surface area contributed by atoms with Gasteiger partial charge in [0.25, 0.3) is 0 Å². The molecule has 0 aliphatic rings. The molecule has 5 rings (SSSR count). The fourth-order valence-electron chi connectivity index (χ4n) is 4.27. The highest BCUT2D eigenvalue weighted by atomic mass is 35.5. The van der Waals surface area contributed by atoms with Crippen LogP contribution < -0.4 is 4.74 Å². The molecule has 0 unspecified atom stereocenters. The zero-order valence-electron chi connectivity index (χ0n) is 17.3. The Hall–Kier alpha value is -3.77. The number of alkyl halides is 2. The highest BCUT2D eigenvalue weighted by Gasteiger charge is 2.41. The second kappa shape index (κ2) is 8.64. The number of benzene rings is 3. The van der Waals surface area contributed by atoms with E-state index in [1.165, 1.54) is 12.3 Å². The van der Waals surface area contributed by atoms with Gasteiger partial charge in [-0.15, -0.1) is 0 Å². The molecule has 7 heteroatoms. The monoisotopic (exact) mass is 461 g/mol. The van der Waals surface area contributed by atoms with E-state index in [1.807, 2.05) is 91.0 Å². The van der Waals surface area contributed by atoms with Gasteiger partial charge in [-0.2, -0.15) is 13.9 Å². The zero-order valence-corrected chi connectivity index (χ0v) is 18.0. The summed E-state index contributed by atoms with van der Waals surface area (Å²) in [5.74, 6) is -0.0709. The Kier molecular flexibility index (Phi) is 5.52. The molecule has 0 amide bonds. The van der Waals surface area contributed by atoms with Crippen molar-refractivity contribution in [1.29, 1.82) is 0 Å². The number of pyridine rings is 1. The van der Waals surface area contributed by atoms with E-state index in [4.69, 9.17) is 11.6 Å². The van der Waals surface area contributed by atoms with Crippen molar-refractivity contribution in [1.82, 2.24) is 14.8 Å². The number of ether oxygens (including phenoxy) is 1. The lowest BCUT2D eigenvalue weighted by Gasteiger charge is -2.36. The molecule has 0 N–H and O–H groups in total. The number of fused-ring (bicyclic) bond motifs is 1. The van der Waals surface area contributed by atoms with Gasteiger partial charge in [0.15, 0.2) is 5.15 Å². The molecule has 0 atom stereocenters. The van der Waals surface area contributed by atoms with Crippen molar-refractivity contribution in [3.8, 4) is 5.75 Å². The molecule has 5 aromatic rings. The molecule has 0 saturated heterocycles. The van der Waals surface area contributed by atoms with Crippen LogP contribution in [0, 0.1) is 0 Å². The van der Waals surface area contributed by atoms with Crippen molar-refractivity contribution >= 4 is 22.6 Å². The van der Waals surface area contributed by atoms with Gasteiger partial charge in [0.1, 0.15) is 16.8 Å². The third-order valence-electron chi connectivity index (χ3n) is 5.57. The maximum Gasteiger partial charge on any atom is 0.387 e. The van der Waals surface area contributed by atoms with Crippen molar-refractivity contribution in [2.45, 2.75) is 12.2 Å². The molecule has 4 nitrogen and oxygen atoms in total. The minimum atomic E-state index is -2.97. The second-order valence-electron chi connectivity index (χ2n) is 7.43. The normalized spacial score (nSPS) is 11.8. The standard InChI is InChI=1S/C26H18ClF2N3O/c27-24-23-22(16-21(17-30-23)33-25(28)29)32(31-24)26(18-10-4-1-5-11-18,19-12-6-2-7-13-19)20-14-8-3-9-15-20/h1-17,25H. The molecule has 0 saturated carbocycles. The number of halogens is 3. The summed E-state index contributed by atoms with van der Waals surface area (Å²) in [6.45, 7) is -2.97. The largest absolute Gasteiger partial charge is 0.433 e. The lowest BCUT2D eigenvalue weighted by Crippen LogP contribution is -2.38. The van der Waals surface area contributed by atoms with Gasteiger partial charge in [-0.3, -0.25) is 0 Å². The summed E-state index contributed by atoms with van der Waals surface area (Å²) in [6, 6.07) is 31.1. The lowest BCUT2D eigenvalue weighted by molar-refractivity contribution is -0.0499. The van der Waals surface area contributed by atoms with Crippen molar-refractivity contribution in [2.24, 2.45) is 0 Å². The van der Waals surface area contributed by atoms with Gasteiger partial charge in [0, 0.05) is 6.07 Å². The van der Waals surface area contributed by atoms with Crippen LogP contribution in [0.3, 0.4) is 0 Å². The maximum absolute atomic E-state index is 13.0. The van der Waals surface area contributed by atoms with E-state index in [9.17, 15) is 8.78 Å². The Morgan fingerprint density at radius 1 is 0.788 bits per heavy atom. The van der Waals surface area contributed by atoms with Crippen LogP contribution >= 0.6 is 11.6 Å². The fraction of sp³-hybridized carbons (Fsp3) is 0.0769. The summed E-state index contributed by atoms with van der Waals surface area (Å²) in [5, 5.41) is 4.86. The van der Waals surface area contributed by atoms with E-state index in [0.717, 1.165) is 16.7 Å². The van der Waals surface area contributed by atoms with Crippen LogP contribution in [-0.2, 0) is 5.54 Å². The molecule has 0 aliphatic heterocycles. The minimum absolute atomic E-state index is 0.0709. The fourth-order valence-corrected chi connectivity index (χ4v) is 4.49. The average molecular weight is 462 g/mol. The predicted octanol–water partition coefficient (Wildman–Crippen LogP) is 6.53. The molecule has 33 heavy (non-hydrogen) atoms. The number of rotatable bonds is 6. The first-order valence-electron chi connectivity index (χ1n) is 10.3. The molecular weight excluding hydrogens is 444 g/mol. The highest BCUT2D eigenvalue weighted by molar-refractivity contribution is 6.33. The molecule has 0 radical (unpaired) electrons. The Morgan fingerprint density at radius 2 is 1.27 bits per heavy atom. The van der Waals surface area contributed by atoms with E-state index in [-0.39, 0.29) is 10.9 Å². The van der Waals surface area contributed by atoms with Gasteiger partial charge in [-0.05, 0) is 16.7 Å². The number of nitrogens with zero attached hydrogens (tertiary/aromatic N) is 3. The van der Waals surface area contributed by atoms with E-state index in [1.54, 1.807) is 4.68 Å². The molecular formula is C26H18ClF2N3O. The molecule has 3 aromatic carbocycles. The van der Waals surface area contributed by atoms with Crippen LogP contribution in [0.4, 0.5) is 8.78 Å². The van der Waals surface area contributed by atoms with Crippen molar-refractivity contribution in [3.05, 3.63) is 125 Å². The topological polar surface area (TPSA) is 39.9 Å². The van der Waals surface area contributed by atoms with E-state index in [0.29, 0.717) is 11.0 Å². The first-order valence-corrected chi connectivity index (χ1v) is 10.6. The van der Waals surface area contributed by atoms with Crippen molar-refractivity contribution in [2.75, 3.05) is 0 Å². The quantitative estimate of drug-likeness (QED) is 0.270. The van der Waals surface area contributed by atoms with Gasteiger partial charge >= 0.3 is 6.61 Å². The molecule has 0 fully saturated rings. The summed E-state index contributed by atoms with van der Waals surface area (Å²) in [5.41, 5.74) is 2.66. The summed E-state index contributed by atoms with van der Waals surface area (Å²) < 4.78 is 32.3. The minimum Gasteiger partial charge on any atom is -0.433 e. The third-order valence-corrected chi connectivity index (χ3v) is 5.83. The Bertz CT molecular complexity index is 1280. The van der Waals surface area contributed by atoms with Crippen LogP contribution in [0.25, 0.3) is 11.0 Å². The SMILES string of the molecule is FC(F)Oc1cnc2c(Cl)nn(C(c3ccccc3)(c3ccccc3)c3ccccc3)c2c1. The van der Waals surface area contributed by atoms with Gasteiger partial charge in [-0.1, -0.05) is 103 Å². The third kappa shape index (κ3) is 3.62. The molecule has 2 aromatic heterocycles. The number of hydrogen-bond donors (Lipinski definition) is 0. The van der Waals surface area contributed by atoms with E-state index in [2.05, 4.69) is 14.8 Å². The summed E-state index contributed by atoms with van der Waals surface area (Å²) >= 11 is 6.52. The molecule has 2 heterocycles. The van der Waals surface area contributed by atoms with E-state index < -0.39 is 12.2 Å². The average Bonchev–Trinajstić information content (AvgIpc) is 3.17. The summed E-state index contributed by atoms with van der Waals surface area (Å²) in [7, 11) is 0. The van der Waals surface area contributed by atoms with Crippen LogP contribution in [-0.4, -0.2) is 21.4 Å². The van der Waals surface area contributed by atoms with Crippen molar-refractivity contribution < 1.29 is 13.5 Å². The van der Waals surface area contributed by atoms with Crippen LogP contribution in [0.5, 0.6) is 5.75 Å².